The summed E-state index contributed by atoms with van der Waals surface area (Å²) in [6, 6.07) is 6.31. The largest absolute Gasteiger partial charge is 0.370 e. The van der Waals surface area contributed by atoms with Gasteiger partial charge in [0.1, 0.15) is 5.72 Å². The minimum absolute atomic E-state index is 0.106. The molecule has 5 saturated heterocycles. The number of carbonyl (C=O) groups excluding carboxylic acids is 1. The van der Waals surface area contributed by atoms with Gasteiger partial charge in [0.05, 0.1) is 0 Å². The summed E-state index contributed by atoms with van der Waals surface area (Å²) in [5.41, 5.74) is 0.299. The van der Waals surface area contributed by atoms with Crippen molar-refractivity contribution in [2.75, 3.05) is 39.3 Å². The minimum Gasteiger partial charge on any atom is -0.370 e. The number of hydrogen-bond donors (Lipinski definition) is 1. The van der Waals surface area contributed by atoms with E-state index in [2.05, 4.69) is 15.9 Å². The number of piperidine rings is 5. The molecular weight excluding hydrogens is 428 g/mol. The molecule has 1 aromatic rings. The molecule has 184 valence electrons. The van der Waals surface area contributed by atoms with Crippen LogP contribution in [0.5, 0.6) is 0 Å². The molecule has 5 fully saturated rings. The van der Waals surface area contributed by atoms with E-state index in [4.69, 9.17) is 0 Å². The van der Waals surface area contributed by atoms with Gasteiger partial charge in [-0.25, -0.2) is 0 Å². The SMILES string of the molecule is O=C1CC[C@@H](CN2C[C@@H]3C[C@H](C2)c2cccc(=O)n2C3)[C@]2(O)[C@H]3C[C@@H](CN12)[C@@H]1CCCCN1C3. The topological polar surface area (TPSA) is 69.0 Å². The lowest BCUT2D eigenvalue weighted by Crippen LogP contribution is -2.74. The standard InChI is InChI=1S/C27H38N4O3/c32-25-6-3-5-24-19-10-18(13-30(24)25)12-28(14-19)16-21-7-8-26(33)31-15-20-11-22(27(21,31)34)17-29-9-2-1-4-23(20)29/h3,5-6,18-23,34H,1-2,4,7-17H2/t18-,19+,20-,21-,22-,23-,27-/m0/s1. The molecule has 0 radical (unpaired) electrons. The highest BCUT2D eigenvalue weighted by Gasteiger charge is 2.60. The normalized spacial score (nSPS) is 42.0. The molecule has 1 N–H and O–H groups in total. The van der Waals surface area contributed by atoms with Crippen LogP contribution in [0.3, 0.4) is 0 Å². The fourth-order valence-corrected chi connectivity index (χ4v) is 8.94. The third-order valence-corrected chi connectivity index (χ3v) is 10.3. The summed E-state index contributed by atoms with van der Waals surface area (Å²) in [6.45, 7) is 6.43. The van der Waals surface area contributed by atoms with Gasteiger partial charge in [0, 0.05) is 81.2 Å². The first-order chi connectivity index (χ1) is 16.5. The second-order valence-electron chi connectivity index (χ2n) is 12.2. The maximum Gasteiger partial charge on any atom is 0.250 e. The van der Waals surface area contributed by atoms with Crippen LogP contribution in [0, 0.1) is 23.7 Å². The lowest BCUT2D eigenvalue weighted by Gasteiger charge is -2.63. The van der Waals surface area contributed by atoms with Gasteiger partial charge in [0.25, 0.3) is 5.56 Å². The number of aliphatic hydroxyl groups is 1. The van der Waals surface area contributed by atoms with Crippen molar-refractivity contribution in [3.63, 3.8) is 0 Å². The Bertz CT molecular complexity index is 1040. The molecule has 0 aromatic carbocycles. The second kappa shape index (κ2) is 7.90. The van der Waals surface area contributed by atoms with Crippen LogP contribution in [0.2, 0.25) is 0 Å². The maximum absolute atomic E-state index is 13.1. The number of rotatable bonds is 2. The first-order valence-corrected chi connectivity index (χ1v) is 13.7. The van der Waals surface area contributed by atoms with Crippen molar-refractivity contribution in [3.05, 3.63) is 34.2 Å². The molecule has 0 saturated carbocycles. The van der Waals surface area contributed by atoms with Crippen molar-refractivity contribution in [2.24, 2.45) is 23.7 Å². The zero-order valence-electron chi connectivity index (χ0n) is 20.1. The van der Waals surface area contributed by atoms with Gasteiger partial charge in [0.2, 0.25) is 5.91 Å². The Labute approximate surface area is 201 Å². The van der Waals surface area contributed by atoms with Gasteiger partial charge in [-0.1, -0.05) is 12.5 Å². The molecule has 4 bridgehead atoms. The average molecular weight is 467 g/mol. The highest BCUT2D eigenvalue weighted by Crippen LogP contribution is 2.50. The predicted octanol–water partition coefficient (Wildman–Crippen LogP) is 1.70. The minimum atomic E-state index is -1.00. The molecule has 7 rings (SSSR count). The molecule has 0 unspecified atom stereocenters. The van der Waals surface area contributed by atoms with Gasteiger partial charge in [0.15, 0.2) is 0 Å². The highest BCUT2D eigenvalue weighted by molar-refractivity contribution is 5.78. The van der Waals surface area contributed by atoms with Crippen LogP contribution in [0.4, 0.5) is 0 Å². The number of likely N-dealkylation sites (tertiary alicyclic amines) is 1. The Morgan fingerprint density at radius 1 is 1.00 bits per heavy atom. The van der Waals surface area contributed by atoms with Gasteiger partial charge >= 0.3 is 0 Å². The molecule has 6 aliphatic rings. The molecule has 34 heavy (non-hydrogen) atoms. The fourth-order valence-electron chi connectivity index (χ4n) is 8.94. The smallest absolute Gasteiger partial charge is 0.250 e. The van der Waals surface area contributed by atoms with Crippen molar-refractivity contribution < 1.29 is 9.90 Å². The van der Waals surface area contributed by atoms with E-state index in [1.54, 1.807) is 6.07 Å². The van der Waals surface area contributed by atoms with Crippen molar-refractivity contribution in [1.82, 2.24) is 19.3 Å². The van der Waals surface area contributed by atoms with Crippen LogP contribution in [0.15, 0.2) is 23.0 Å². The summed E-state index contributed by atoms with van der Waals surface area (Å²) in [5.74, 6) is 1.83. The Morgan fingerprint density at radius 3 is 2.82 bits per heavy atom. The van der Waals surface area contributed by atoms with Crippen molar-refractivity contribution in [2.45, 2.75) is 69.2 Å². The lowest BCUT2D eigenvalue weighted by molar-refractivity contribution is -0.251. The summed E-state index contributed by atoms with van der Waals surface area (Å²) < 4.78 is 1.99. The van der Waals surface area contributed by atoms with E-state index in [-0.39, 0.29) is 23.3 Å². The Kier molecular flexibility index (Phi) is 5.01. The van der Waals surface area contributed by atoms with Crippen LogP contribution in [0.1, 0.15) is 56.6 Å². The van der Waals surface area contributed by atoms with E-state index in [9.17, 15) is 14.7 Å². The second-order valence-corrected chi connectivity index (χ2v) is 12.2. The van der Waals surface area contributed by atoms with E-state index in [1.807, 2.05) is 15.5 Å². The van der Waals surface area contributed by atoms with E-state index >= 15 is 0 Å². The molecule has 7 heterocycles. The maximum atomic E-state index is 13.1. The van der Waals surface area contributed by atoms with Crippen LogP contribution >= 0.6 is 0 Å². The van der Waals surface area contributed by atoms with Crippen LogP contribution in [-0.4, -0.2) is 81.3 Å². The molecule has 1 amide bonds. The number of carbonyl (C=O) groups is 1. The molecular formula is C27H38N4O3. The lowest BCUT2D eigenvalue weighted by atomic mass is 9.65. The number of aromatic nitrogens is 1. The van der Waals surface area contributed by atoms with Gasteiger partial charge in [-0.2, -0.15) is 0 Å². The fraction of sp³-hybridized carbons (Fsp3) is 0.778. The summed E-state index contributed by atoms with van der Waals surface area (Å²) in [7, 11) is 0. The highest BCUT2D eigenvalue weighted by atomic mass is 16.3. The number of fused-ring (bicyclic) bond motifs is 10. The first kappa shape index (κ1) is 21.6. The van der Waals surface area contributed by atoms with Crippen molar-refractivity contribution in [3.8, 4) is 0 Å². The monoisotopic (exact) mass is 466 g/mol. The summed E-state index contributed by atoms with van der Waals surface area (Å²) in [6.07, 6.45) is 7.40. The third-order valence-electron chi connectivity index (χ3n) is 10.3. The van der Waals surface area contributed by atoms with E-state index in [1.165, 1.54) is 25.0 Å². The molecule has 6 aliphatic heterocycles. The average Bonchev–Trinajstić information content (AvgIpc) is 2.83. The third kappa shape index (κ3) is 3.19. The zero-order valence-corrected chi connectivity index (χ0v) is 20.1. The van der Waals surface area contributed by atoms with Crippen molar-refractivity contribution >= 4 is 5.91 Å². The molecule has 1 aromatic heterocycles. The van der Waals surface area contributed by atoms with E-state index in [0.29, 0.717) is 30.2 Å². The van der Waals surface area contributed by atoms with Crippen molar-refractivity contribution in [1.29, 1.82) is 0 Å². The van der Waals surface area contributed by atoms with E-state index in [0.717, 1.165) is 65.1 Å². The predicted molar refractivity (Wildman–Crippen MR) is 128 cm³/mol. The Balaban J connectivity index is 1.14. The summed E-state index contributed by atoms with van der Waals surface area (Å²) in [4.78, 5) is 32.6. The number of nitrogens with zero attached hydrogens (tertiary/aromatic N) is 4. The Hall–Kier alpha value is -1.70. The zero-order chi connectivity index (χ0) is 23.0. The first-order valence-electron chi connectivity index (χ1n) is 13.7. The van der Waals surface area contributed by atoms with Gasteiger partial charge < -0.3 is 19.5 Å². The molecule has 7 nitrogen and oxygen atoms in total. The number of pyridine rings is 1. The summed E-state index contributed by atoms with van der Waals surface area (Å²) >= 11 is 0. The quantitative estimate of drug-likeness (QED) is 0.719. The van der Waals surface area contributed by atoms with Gasteiger partial charge in [-0.15, -0.1) is 0 Å². The van der Waals surface area contributed by atoms with Crippen LogP contribution < -0.4 is 5.56 Å². The van der Waals surface area contributed by atoms with Gasteiger partial charge in [-0.3, -0.25) is 14.5 Å². The Morgan fingerprint density at radius 2 is 1.91 bits per heavy atom. The summed E-state index contributed by atoms with van der Waals surface area (Å²) in [5, 5.41) is 12.4. The van der Waals surface area contributed by atoms with E-state index < -0.39 is 5.72 Å². The molecule has 0 spiro atoms. The van der Waals surface area contributed by atoms with Gasteiger partial charge in [-0.05, 0) is 56.6 Å². The van der Waals surface area contributed by atoms with Crippen LogP contribution in [-0.2, 0) is 11.3 Å². The van der Waals surface area contributed by atoms with Crippen LogP contribution in [0.25, 0.3) is 0 Å². The molecule has 7 atom stereocenters. The molecule has 7 heteroatoms. The molecule has 0 aliphatic carbocycles. The number of hydrogen-bond acceptors (Lipinski definition) is 5. The number of amides is 1.